The fourth-order valence-electron chi connectivity index (χ4n) is 1.69. The molecule has 0 bridgehead atoms. The average Bonchev–Trinajstić information content (AvgIpc) is 2.79. The molecule has 1 aromatic carbocycles. The van der Waals surface area contributed by atoms with Gasteiger partial charge in [0.15, 0.2) is 0 Å². The first-order valence-corrected chi connectivity index (χ1v) is 7.09. The molecule has 100 valence electrons. The van der Waals surface area contributed by atoms with Crippen molar-refractivity contribution in [1.82, 2.24) is 5.32 Å². The van der Waals surface area contributed by atoms with E-state index < -0.39 is 5.82 Å². The van der Waals surface area contributed by atoms with E-state index in [0.29, 0.717) is 5.56 Å². The highest BCUT2D eigenvalue weighted by Crippen LogP contribution is 2.23. The molecule has 19 heavy (non-hydrogen) atoms. The van der Waals surface area contributed by atoms with Crippen LogP contribution >= 0.6 is 24.0 Å². The molecule has 0 radical (unpaired) electrons. The average molecular weight is 295 g/mol. The summed E-state index contributed by atoms with van der Waals surface area (Å²) in [5, 5.41) is 2.89. The van der Waals surface area contributed by atoms with Crippen molar-refractivity contribution in [3.05, 3.63) is 51.5 Å². The van der Waals surface area contributed by atoms with Crippen molar-refractivity contribution in [3.8, 4) is 0 Å². The molecule has 5 heteroatoms. The fraction of sp³-hybridized carbons (Fsp3) is 0.214. The van der Waals surface area contributed by atoms with Crippen LogP contribution in [0.25, 0.3) is 0 Å². The number of carbonyl (C=O) groups excluding carboxylic acids is 1. The predicted molar refractivity (Wildman–Crippen MR) is 78.6 cm³/mol. The van der Waals surface area contributed by atoms with Gasteiger partial charge in [0, 0.05) is 20.2 Å². The summed E-state index contributed by atoms with van der Waals surface area (Å²) in [6.45, 7) is 3.95. The number of carbonyl (C=O) groups is 1. The summed E-state index contributed by atoms with van der Waals surface area (Å²) >= 11 is 5.62. The Morgan fingerprint density at radius 3 is 2.68 bits per heavy atom. The van der Waals surface area contributed by atoms with E-state index in [2.05, 4.69) is 17.9 Å². The van der Waals surface area contributed by atoms with Crippen LogP contribution in [-0.4, -0.2) is 5.91 Å². The Bertz CT molecular complexity index is 609. The summed E-state index contributed by atoms with van der Waals surface area (Å²) < 4.78 is 13.1. The molecule has 0 fully saturated rings. The molecule has 1 unspecified atom stereocenters. The van der Waals surface area contributed by atoms with E-state index in [9.17, 15) is 9.18 Å². The minimum atomic E-state index is -0.429. The van der Waals surface area contributed by atoms with Crippen molar-refractivity contribution in [3.63, 3.8) is 0 Å². The molecule has 2 nitrogen and oxygen atoms in total. The van der Waals surface area contributed by atoms with Crippen molar-refractivity contribution in [2.24, 2.45) is 0 Å². The van der Waals surface area contributed by atoms with Crippen LogP contribution in [0.4, 0.5) is 4.39 Å². The predicted octanol–water partition coefficient (Wildman–Crippen LogP) is 3.98. The van der Waals surface area contributed by atoms with Gasteiger partial charge in [-0.05, 0) is 44.2 Å². The number of aryl methyl sites for hydroxylation is 1. The van der Waals surface area contributed by atoms with Gasteiger partial charge < -0.3 is 5.32 Å². The van der Waals surface area contributed by atoms with Gasteiger partial charge in [-0.15, -0.1) is 24.0 Å². The number of nitrogens with one attached hydrogen (secondary N) is 1. The molecule has 2 aromatic rings. The van der Waals surface area contributed by atoms with Gasteiger partial charge >= 0.3 is 0 Å². The van der Waals surface area contributed by atoms with Gasteiger partial charge in [-0.1, -0.05) is 0 Å². The first-order chi connectivity index (χ1) is 8.97. The topological polar surface area (TPSA) is 29.1 Å². The minimum absolute atomic E-state index is 0.0698. The van der Waals surface area contributed by atoms with E-state index in [0.717, 1.165) is 4.88 Å². The van der Waals surface area contributed by atoms with Gasteiger partial charge in [-0.3, -0.25) is 4.79 Å². The summed E-state index contributed by atoms with van der Waals surface area (Å²) in [6.07, 6.45) is 0. The van der Waals surface area contributed by atoms with Crippen LogP contribution in [0.3, 0.4) is 0 Å². The molecule has 1 atom stereocenters. The van der Waals surface area contributed by atoms with Crippen LogP contribution < -0.4 is 5.32 Å². The summed E-state index contributed by atoms with van der Waals surface area (Å²) in [4.78, 5) is 14.5. The van der Waals surface area contributed by atoms with E-state index in [1.165, 1.54) is 23.1 Å². The number of hydrogen-bond acceptors (Lipinski definition) is 3. The number of benzene rings is 1. The molecule has 0 spiro atoms. The van der Waals surface area contributed by atoms with Crippen LogP contribution in [0, 0.1) is 12.7 Å². The van der Waals surface area contributed by atoms with Crippen molar-refractivity contribution >= 4 is 29.9 Å². The highest BCUT2D eigenvalue weighted by Gasteiger charge is 2.13. The molecule has 0 aliphatic rings. The largest absolute Gasteiger partial charge is 0.345 e. The molecule has 1 aromatic heterocycles. The van der Waals surface area contributed by atoms with E-state index in [-0.39, 0.29) is 16.8 Å². The third-order valence-electron chi connectivity index (χ3n) is 2.74. The maximum atomic E-state index is 13.1. The Kier molecular flexibility index (Phi) is 4.27. The summed E-state index contributed by atoms with van der Waals surface area (Å²) in [5.41, 5.74) is 0.409. The SMILES string of the molecule is Cc1ccc(C(C)NC(=O)c2ccc(F)c(S)c2)s1. The number of halogens is 1. The molecule has 1 heterocycles. The molecular weight excluding hydrogens is 281 g/mol. The Hall–Kier alpha value is -1.33. The monoisotopic (exact) mass is 295 g/mol. The lowest BCUT2D eigenvalue weighted by Crippen LogP contribution is -2.26. The van der Waals surface area contributed by atoms with Crippen LogP contribution in [0.2, 0.25) is 0 Å². The first kappa shape index (κ1) is 14.1. The second-order valence-electron chi connectivity index (χ2n) is 4.31. The van der Waals surface area contributed by atoms with Gasteiger partial charge in [0.2, 0.25) is 0 Å². The summed E-state index contributed by atoms with van der Waals surface area (Å²) in [5.74, 6) is -0.657. The molecule has 0 saturated heterocycles. The molecular formula is C14H14FNOS2. The van der Waals surface area contributed by atoms with E-state index in [1.54, 1.807) is 11.3 Å². The number of rotatable bonds is 3. The molecule has 1 amide bonds. The maximum Gasteiger partial charge on any atom is 0.251 e. The maximum absolute atomic E-state index is 13.1. The lowest BCUT2D eigenvalue weighted by atomic mass is 10.2. The van der Waals surface area contributed by atoms with Gasteiger partial charge in [0.05, 0.1) is 6.04 Å². The lowest BCUT2D eigenvalue weighted by Gasteiger charge is -2.12. The second kappa shape index (κ2) is 5.75. The highest BCUT2D eigenvalue weighted by molar-refractivity contribution is 7.80. The standard InChI is InChI=1S/C14H14FNOS2/c1-8-3-6-13(19-8)9(2)16-14(17)10-4-5-11(15)12(18)7-10/h3-7,9,18H,1-2H3,(H,16,17). The molecule has 0 aliphatic carbocycles. The molecule has 2 rings (SSSR count). The van der Waals surface area contributed by atoms with Gasteiger partial charge in [0.25, 0.3) is 5.91 Å². The first-order valence-electron chi connectivity index (χ1n) is 5.83. The van der Waals surface area contributed by atoms with Crippen molar-refractivity contribution < 1.29 is 9.18 Å². The zero-order chi connectivity index (χ0) is 14.0. The molecule has 0 saturated carbocycles. The normalized spacial score (nSPS) is 12.2. The number of thiol groups is 1. The summed E-state index contributed by atoms with van der Waals surface area (Å²) in [6, 6.07) is 8.08. The van der Waals surface area contributed by atoms with Crippen LogP contribution in [0.1, 0.15) is 33.1 Å². The number of thiophene rings is 1. The van der Waals surface area contributed by atoms with Gasteiger partial charge in [-0.2, -0.15) is 0 Å². The summed E-state index contributed by atoms with van der Waals surface area (Å²) in [7, 11) is 0. The third-order valence-corrected chi connectivity index (χ3v) is 4.27. The smallest absolute Gasteiger partial charge is 0.251 e. The fourth-order valence-corrected chi connectivity index (χ4v) is 2.78. The Morgan fingerprint density at radius 2 is 2.11 bits per heavy atom. The Labute approximate surface area is 121 Å². The number of hydrogen-bond donors (Lipinski definition) is 2. The van der Waals surface area contributed by atoms with Gasteiger partial charge in [0.1, 0.15) is 5.82 Å². The number of amides is 1. The Morgan fingerprint density at radius 1 is 1.37 bits per heavy atom. The van der Waals surface area contributed by atoms with Crippen molar-refractivity contribution in [2.45, 2.75) is 24.8 Å². The second-order valence-corrected chi connectivity index (χ2v) is 6.11. The zero-order valence-corrected chi connectivity index (χ0v) is 12.3. The molecule has 1 N–H and O–H groups in total. The third kappa shape index (κ3) is 3.36. The molecule has 0 aliphatic heterocycles. The van der Waals surface area contributed by atoms with E-state index >= 15 is 0 Å². The van der Waals surface area contributed by atoms with Crippen LogP contribution in [0.15, 0.2) is 35.2 Å². The van der Waals surface area contributed by atoms with Crippen molar-refractivity contribution in [1.29, 1.82) is 0 Å². The lowest BCUT2D eigenvalue weighted by molar-refractivity contribution is 0.0940. The van der Waals surface area contributed by atoms with Crippen molar-refractivity contribution in [2.75, 3.05) is 0 Å². The Balaban J connectivity index is 2.10. The minimum Gasteiger partial charge on any atom is -0.345 e. The highest BCUT2D eigenvalue weighted by atomic mass is 32.1. The van der Waals surface area contributed by atoms with E-state index in [1.807, 2.05) is 26.0 Å². The quantitative estimate of drug-likeness (QED) is 0.824. The zero-order valence-electron chi connectivity index (χ0n) is 10.6. The van der Waals surface area contributed by atoms with Crippen LogP contribution in [-0.2, 0) is 0 Å². The van der Waals surface area contributed by atoms with Gasteiger partial charge in [-0.25, -0.2) is 4.39 Å². The van der Waals surface area contributed by atoms with E-state index in [4.69, 9.17) is 0 Å². The van der Waals surface area contributed by atoms with Crippen LogP contribution in [0.5, 0.6) is 0 Å².